The molecule has 8 nitrogen and oxygen atoms in total. The number of carboxylic acid groups (broad SMARTS) is 1. The molecule has 27 heavy (non-hydrogen) atoms. The summed E-state index contributed by atoms with van der Waals surface area (Å²) in [4.78, 5) is 36.2. The predicted molar refractivity (Wildman–Crippen MR) is 101 cm³/mol. The molecule has 0 aliphatic rings. The first-order valence-corrected chi connectivity index (χ1v) is 8.08. The standard InChI is InChI=1S/C19H17N5O3/c1-10-7-8-15-14(9-10)11(2)21-19(22-15)24-18(20)23-16(25)12-5-3-4-6-13(12)17(26)27/h3-9H,1-2H3,(H,26,27)(H3,20,21,22,23,24,25). The topological polar surface area (TPSA) is 131 Å². The highest BCUT2D eigenvalue weighted by Gasteiger charge is 2.16. The van der Waals surface area contributed by atoms with E-state index in [1.807, 2.05) is 32.0 Å². The van der Waals surface area contributed by atoms with Gasteiger partial charge in [0.25, 0.3) is 11.9 Å². The normalized spacial score (nSPS) is 11.4. The molecule has 0 saturated heterocycles. The Balaban J connectivity index is 1.88. The van der Waals surface area contributed by atoms with Gasteiger partial charge in [0.15, 0.2) is 0 Å². The zero-order valence-electron chi connectivity index (χ0n) is 14.7. The van der Waals surface area contributed by atoms with Crippen LogP contribution < -0.4 is 11.1 Å². The van der Waals surface area contributed by atoms with Crippen molar-refractivity contribution in [3.05, 3.63) is 64.8 Å². The molecule has 0 aliphatic heterocycles. The second-order valence-electron chi connectivity index (χ2n) is 5.93. The number of hydrogen-bond acceptors (Lipinski definition) is 5. The zero-order valence-corrected chi connectivity index (χ0v) is 14.7. The summed E-state index contributed by atoms with van der Waals surface area (Å²) in [6.45, 7) is 3.81. The maximum Gasteiger partial charge on any atom is 0.336 e. The lowest BCUT2D eigenvalue weighted by Gasteiger charge is -2.07. The first-order valence-electron chi connectivity index (χ1n) is 8.08. The first-order chi connectivity index (χ1) is 12.8. The minimum absolute atomic E-state index is 0.0192. The lowest BCUT2D eigenvalue weighted by atomic mass is 10.1. The number of aryl methyl sites for hydroxylation is 2. The molecule has 0 bridgehead atoms. The maximum atomic E-state index is 12.3. The summed E-state index contributed by atoms with van der Waals surface area (Å²) in [5, 5.41) is 12.4. The van der Waals surface area contributed by atoms with E-state index in [4.69, 9.17) is 5.73 Å². The van der Waals surface area contributed by atoms with Gasteiger partial charge in [-0.2, -0.15) is 4.99 Å². The molecule has 1 aromatic heterocycles. The van der Waals surface area contributed by atoms with E-state index in [-0.39, 0.29) is 23.0 Å². The highest BCUT2D eigenvalue weighted by molar-refractivity contribution is 6.10. The van der Waals surface area contributed by atoms with E-state index >= 15 is 0 Å². The van der Waals surface area contributed by atoms with Crippen molar-refractivity contribution in [3.8, 4) is 0 Å². The van der Waals surface area contributed by atoms with Gasteiger partial charge < -0.3 is 10.8 Å². The third-order valence-electron chi connectivity index (χ3n) is 3.89. The Morgan fingerprint density at radius 1 is 1.07 bits per heavy atom. The van der Waals surface area contributed by atoms with Crippen LogP contribution in [-0.4, -0.2) is 32.9 Å². The number of aromatic carboxylic acids is 1. The molecule has 4 N–H and O–H groups in total. The van der Waals surface area contributed by atoms with Gasteiger partial charge in [0.2, 0.25) is 5.96 Å². The van der Waals surface area contributed by atoms with Crippen LogP contribution >= 0.6 is 0 Å². The van der Waals surface area contributed by atoms with Gasteiger partial charge in [0.05, 0.1) is 22.3 Å². The summed E-state index contributed by atoms with van der Waals surface area (Å²) >= 11 is 0. The molecule has 0 aliphatic carbocycles. The molecule has 0 saturated carbocycles. The lowest BCUT2D eigenvalue weighted by molar-refractivity contribution is 0.0691. The number of carbonyl (C=O) groups excluding carboxylic acids is 1. The van der Waals surface area contributed by atoms with Crippen molar-refractivity contribution in [3.63, 3.8) is 0 Å². The molecule has 136 valence electrons. The Morgan fingerprint density at radius 2 is 1.78 bits per heavy atom. The van der Waals surface area contributed by atoms with Crippen LogP contribution in [0.1, 0.15) is 32.0 Å². The van der Waals surface area contributed by atoms with E-state index in [0.29, 0.717) is 5.52 Å². The van der Waals surface area contributed by atoms with Crippen molar-refractivity contribution in [1.82, 2.24) is 15.3 Å². The number of amides is 1. The fourth-order valence-electron chi connectivity index (χ4n) is 2.62. The van der Waals surface area contributed by atoms with Crippen LogP contribution in [0.4, 0.5) is 5.95 Å². The minimum Gasteiger partial charge on any atom is -0.478 e. The molecular formula is C19H17N5O3. The smallest absolute Gasteiger partial charge is 0.336 e. The lowest BCUT2D eigenvalue weighted by Crippen LogP contribution is -2.37. The molecule has 3 aromatic rings. The number of fused-ring (bicyclic) bond motifs is 1. The van der Waals surface area contributed by atoms with Crippen molar-refractivity contribution >= 4 is 34.7 Å². The molecule has 0 spiro atoms. The minimum atomic E-state index is -1.21. The number of hydrogen-bond donors (Lipinski definition) is 3. The van der Waals surface area contributed by atoms with E-state index in [1.165, 1.54) is 18.2 Å². The average molecular weight is 363 g/mol. The number of nitrogens with one attached hydrogen (secondary N) is 1. The van der Waals surface area contributed by atoms with Crippen LogP contribution in [0.25, 0.3) is 10.9 Å². The number of aliphatic imine (C=N–C) groups is 1. The van der Waals surface area contributed by atoms with Gasteiger partial charge in [-0.15, -0.1) is 0 Å². The Kier molecular flexibility index (Phi) is 4.80. The van der Waals surface area contributed by atoms with E-state index in [2.05, 4.69) is 20.3 Å². The number of carboxylic acids is 1. The van der Waals surface area contributed by atoms with Gasteiger partial charge >= 0.3 is 5.97 Å². The molecule has 1 amide bonds. The summed E-state index contributed by atoms with van der Waals surface area (Å²) in [5.41, 5.74) is 8.17. The summed E-state index contributed by atoms with van der Waals surface area (Å²) in [6.07, 6.45) is 0. The van der Waals surface area contributed by atoms with E-state index in [0.717, 1.165) is 16.6 Å². The quantitative estimate of drug-likeness (QED) is 0.483. The molecule has 0 fully saturated rings. The van der Waals surface area contributed by atoms with Gasteiger partial charge in [-0.3, -0.25) is 10.1 Å². The van der Waals surface area contributed by atoms with Crippen LogP contribution in [0, 0.1) is 13.8 Å². The van der Waals surface area contributed by atoms with Crippen molar-refractivity contribution < 1.29 is 14.7 Å². The number of benzene rings is 2. The molecule has 0 atom stereocenters. The Hall–Kier alpha value is -3.81. The number of rotatable bonds is 3. The Morgan fingerprint density at radius 3 is 2.48 bits per heavy atom. The molecule has 8 heteroatoms. The largest absolute Gasteiger partial charge is 0.478 e. The average Bonchev–Trinajstić information content (AvgIpc) is 2.62. The fourth-order valence-corrected chi connectivity index (χ4v) is 2.62. The van der Waals surface area contributed by atoms with E-state index in [9.17, 15) is 14.7 Å². The maximum absolute atomic E-state index is 12.3. The molecule has 0 unspecified atom stereocenters. The van der Waals surface area contributed by atoms with Crippen LogP contribution in [0.15, 0.2) is 47.5 Å². The first kappa shape index (κ1) is 18.0. The number of guanidine groups is 1. The van der Waals surface area contributed by atoms with Gasteiger partial charge in [0.1, 0.15) is 0 Å². The third-order valence-corrected chi connectivity index (χ3v) is 3.89. The monoisotopic (exact) mass is 363 g/mol. The Labute approximate surface area is 154 Å². The number of carbonyl (C=O) groups is 2. The van der Waals surface area contributed by atoms with Crippen molar-refractivity contribution in [2.75, 3.05) is 0 Å². The highest BCUT2D eigenvalue weighted by Crippen LogP contribution is 2.19. The van der Waals surface area contributed by atoms with Crippen LogP contribution in [-0.2, 0) is 0 Å². The summed E-state index contributed by atoms with van der Waals surface area (Å²) in [7, 11) is 0. The van der Waals surface area contributed by atoms with E-state index in [1.54, 1.807) is 6.07 Å². The second-order valence-corrected chi connectivity index (χ2v) is 5.93. The summed E-state index contributed by atoms with van der Waals surface area (Å²) in [5.74, 6) is -2.01. The van der Waals surface area contributed by atoms with Crippen LogP contribution in [0.5, 0.6) is 0 Å². The zero-order chi connectivity index (χ0) is 19.6. The van der Waals surface area contributed by atoms with Crippen molar-refractivity contribution in [2.24, 2.45) is 10.7 Å². The van der Waals surface area contributed by atoms with Crippen molar-refractivity contribution in [1.29, 1.82) is 0 Å². The van der Waals surface area contributed by atoms with Crippen molar-refractivity contribution in [2.45, 2.75) is 13.8 Å². The van der Waals surface area contributed by atoms with Crippen LogP contribution in [0.2, 0.25) is 0 Å². The van der Waals surface area contributed by atoms with E-state index < -0.39 is 11.9 Å². The van der Waals surface area contributed by atoms with Gasteiger partial charge in [0, 0.05) is 5.39 Å². The predicted octanol–water partition coefficient (Wildman–Crippen LogP) is 2.32. The highest BCUT2D eigenvalue weighted by atomic mass is 16.4. The summed E-state index contributed by atoms with van der Waals surface area (Å²) < 4.78 is 0. The van der Waals surface area contributed by atoms with Gasteiger partial charge in [-0.05, 0) is 38.1 Å². The molecular weight excluding hydrogens is 346 g/mol. The second kappa shape index (κ2) is 7.20. The molecule has 1 heterocycles. The summed E-state index contributed by atoms with van der Waals surface area (Å²) in [6, 6.07) is 11.6. The molecule has 0 radical (unpaired) electrons. The van der Waals surface area contributed by atoms with Crippen LogP contribution in [0.3, 0.4) is 0 Å². The Bertz CT molecular complexity index is 1090. The van der Waals surface area contributed by atoms with Gasteiger partial charge in [-0.1, -0.05) is 23.8 Å². The number of aromatic nitrogens is 2. The number of nitrogens with zero attached hydrogens (tertiary/aromatic N) is 3. The molecule has 2 aromatic carbocycles. The van der Waals surface area contributed by atoms with Gasteiger partial charge in [-0.25, -0.2) is 14.8 Å². The number of nitrogens with two attached hydrogens (primary N) is 1. The SMILES string of the molecule is Cc1ccc2nc(N=C(N)NC(=O)c3ccccc3C(=O)O)nc(C)c2c1. The molecule has 3 rings (SSSR count). The fraction of sp³-hybridized carbons (Fsp3) is 0.105. The third kappa shape index (κ3) is 3.90.